The summed E-state index contributed by atoms with van der Waals surface area (Å²) in [6, 6.07) is 84.4. The van der Waals surface area contributed by atoms with Crippen LogP contribution in [0.2, 0.25) is 0 Å². The first-order chi connectivity index (χ1) is 33.2. The van der Waals surface area contributed by atoms with Crippen molar-refractivity contribution in [1.82, 2.24) is 0 Å². The number of furan rings is 2. The van der Waals surface area contributed by atoms with Gasteiger partial charge in [-0.2, -0.15) is 0 Å². The molecule has 2 heteroatoms. The third-order valence-corrected chi connectivity index (χ3v) is 14.9. The highest BCUT2D eigenvalue weighted by Crippen LogP contribution is 2.64. The topological polar surface area (TPSA) is 26.3 Å². The second kappa shape index (κ2) is 13.7. The third kappa shape index (κ3) is 5.04. The van der Waals surface area contributed by atoms with E-state index in [9.17, 15) is 0 Å². The summed E-state index contributed by atoms with van der Waals surface area (Å²) in [5.74, 6) is 0. The molecule has 0 saturated heterocycles. The molecule has 2 heterocycles. The molecule has 0 radical (unpaired) electrons. The van der Waals surface area contributed by atoms with Gasteiger partial charge in [0.2, 0.25) is 0 Å². The monoisotopic (exact) mass is 850 g/mol. The van der Waals surface area contributed by atoms with Gasteiger partial charge in [-0.15, -0.1) is 0 Å². The summed E-state index contributed by atoms with van der Waals surface area (Å²) in [4.78, 5) is 0. The first kappa shape index (κ1) is 36.6. The van der Waals surface area contributed by atoms with Crippen molar-refractivity contribution in [1.29, 1.82) is 0 Å². The van der Waals surface area contributed by atoms with E-state index in [1.54, 1.807) is 0 Å². The molecule has 2 aliphatic rings. The van der Waals surface area contributed by atoms with Crippen LogP contribution in [0.3, 0.4) is 0 Å². The van der Waals surface area contributed by atoms with Gasteiger partial charge in [-0.3, -0.25) is 0 Å². The van der Waals surface area contributed by atoms with Gasteiger partial charge in [0.05, 0.1) is 5.41 Å². The zero-order valence-corrected chi connectivity index (χ0v) is 36.3. The summed E-state index contributed by atoms with van der Waals surface area (Å²) in [5.41, 5.74) is 22.5. The Morgan fingerprint density at radius 1 is 0.254 bits per heavy atom. The summed E-state index contributed by atoms with van der Waals surface area (Å²) in [6.07, 6.45) is 0. The van der Waals surface area contributed by atoms with Gasteiger partial charge in [-0.25, -0.2) is 0 Å². The number of para-hydroxylation sites is 3. The molecule has 2 aliphatic carbocycles. The van der Waals surface area contributed by atoms with Gasteiger partial charge in [-0.05, 0) is 125 Å². The average molecular weight is 851 g/mol. The molecule has 2 nitrogen and oxygen atoms in total. The van der Waals surface area contributed by atoms with E-state index in [1.165, 1.54) is 72.0 Å². The lowest BCUT2D eigenvalue weighted by Crippen LogP contribution is -2.25. The zero-order valence-electron chi connectivity index (χ0n) is 36.3. The Morgan fingerprint density at radius 3 is 1.58 bits per heavy atom. The Labute approximate surface area is 386 Å². The Morgan fingerprint density at radius 2 is 0.776 bits per heavy atom. The van der Waals surface area contributed by atoms with Gasteiger partial charge in [0.25, 0.3) is 0 Å². The van der Waals surface area contributed by atoms with Crippen molar-refractivity contribution in [3.8, 4) is 66.8 Å². The maximum absolute atomic E-state index is 6.99. The minimum Gasteiger partial charge on any atom is -0.455 e. The SMILES string of the molecule is c1cc(-c2ccc3ccccc3c2)cc(-c2cccc3c2oc2cc(-c4cccc5c4-c4ccc(-c6cccc7c6oc6ccccc67)cc4C54c5ccccc5-c5ccccc54)ccc23)c1. The molecule has 2 aromatic heterocycles. The smallest absolute Gasteiger partial charge is 0.143 e. The molecule has 0 atom stereocenters. The van der Waals surface area contributed by atoms with Crippen molar-refractivity contribution in [2.75, 3.05) is 0 Å². The third-order valence-electron chi connectivity index (χ3n) is 14.9. The van der Waals surface area contributed by atoms with Crippen LogP contribution in [0.1, 0.15) is 22.3 Å². The molecule has 0 aliphatic heterocycles. The van der Waals surface area contributed by atoms with Gasteiger partial charge < -0.3 is 8.83 Å². The maximum atomic E-state index is 6.99. The van der Waals surface area contributed by atoms with E-state index < -0.39 is 5.41 Å². The van der Waals surface area contributed by atoms with Crippen LogP contribution < -0.4 is 0 Å². The van der Waals surface area contributed by atoms with Crippen molar-refractivity contribution in [2.24, 2.45) is 0 Å². The number of hydrogen-bond donors (Lipinski definition) is 0. The van der Waals surface area contributed by atoms with Crippen molar-refractivity contribution in [3.05, 3.63) is 253 Å². The van der Waals surface area contributed by atoms with Crippen LogP contribution in [0.15, 0.2) is 239 Å². The highest BCUT2D eigenvalue weighted by Gasteiger charge is 2.52. The lowest BCUT2D eigenvalue weighted by Gasteiger charge is -2.31. The highest BCUT2D eigenvalue weighted by atomic mass is 16.3. The van der Waals surface area contributed by atoms with E-state index in [1.807, 2.05) is 6.07 Å². The van der Waals surface area contributed by atoms with Crippen molar-refractivity contribution in [3.63, 3.8) is 0 Å². The highest BCUT2D eigenvalue weighted by molar-refractivity contribution is 6.12. The first-order valence-electron chi connectivity index (χ1n) is 23.1. The van der Waals surface area contributed by atoms with Gasteiger partial charge in [-0.1, -0.05) is 194 Å². The average Bonchev–Trinajstić information content (AvgIpc) is 4.13. The fourth-order valence-electron chi connectivity index (χ4n) is 12.0. The zero-order chi connectivity index (χ0) is 43.8. The first-order valence-corrected chi connectivity index (χ1v) is 23.1. The van der Waals surface area contributed by atoms with Crippen molar-refractivity contribution < 1.29 is 8.83 Å². The molecule has 310 valence electrons. The summed E-state index contributed by atoms with van der Waals surface area (Å²) in [5, 5.41) is 6.98. The molecule has 0 bridgehead atoms. The second-order valence-corrected chi connectivity index (χ2v) is 18.2. The standard InChI is InChI=1S/C65H38O2/c1-2-14-40-35-42(30-29-39(40)13-1)41-15-9-16-43(36-41)47-21-10-24-54-52-33-31-45(38-61(52)67-64(47)54)46-20-12-27-58-62(46)55-34-32-44(48-22-11-23-53-51-19-5-8-28-60(51)66-63(48)53)37-59(55)65(58)56-25-6-3-17-49(56)50-18-4-7-26-57(50)65/h1-38H. The predicted molar refractivity (Wildman–Crippen MR) is 277 cm³/mol. The largest absolute Gasteiger partial charge is 0.455 e. The molecule has 0 saturated carbocycles. The quantitative estimate of drug-likeness (QED) is 0.176. The van der Waals surface area contributed by atoms with Crippen LogP contribution in [0.5, 0.6) is 0 Å². The van der Waals surface area contributed by atoms with Gasteiger partial charge in [0.1, 0.15) is 22.3 Å². The van der Waals surface area contributed by atoms with Crippen molar-refractivity contribution in [2.45, 2.75) is 5.41 Å². The van der Waals surface area contributed by atoms with Gasteiger partial charge in [0.15, 0.2) is 0 Å². The number of hydrogen-bond acceptors (Lipinski definition) is 2. The number of fused-ring (bicyclic) bond motifs is 17. The minimum absolute atomic E-state index is 0.522. The Balaban J connectivity index is 0.917. The van der Waals surface area contributed by atoms with E-state index in [0.29, 0.717) is 0 Å². The van der Waals surface area contributed by atoms with Crippen LogP contribution in [-0.2, 0) is 5.41 Å². The van der Waals surface area contributed by atoms with Crippen LogP contribution in [0, 0.1) is 0 Å². The summed E-state index contributed by atoms with van der Waals surface area (Å²) < 4.78 is 13.6. The molecule has 13 aromatic rings. The van der Waals surface area contributed by atoms with Crippen LogP contribution in [-0.4, -0.2) is 0 Å². The fourth-order valence-corrected chi connectivity index (χ4v) is 12.0. The fraction of sp³-hybridized carbons (Fsp3) is 0.0154. The van der Waals surface area contributed by atoms with Gasteiger partial charge >= 0.3 is 0 Å². The lowest BCUT2D eigenvalue weighted by atomic mass is 9.70. The molecule has 0 N–H and O–H groups in total. The van der Waals surface area contributed by atoms with E-state index in [2.05, 4.69) is 224 Å². The molecule has 0 amide bonds. The summed E-state index contributed by atoms with van der Waals surface area (Å²) >= 11 is 0. The minimum atomic E-state index is -0.522. The summed E-state index contributed by atoms with van der Waals surface area (Å²) in [6.45, 7) is 0. The van der Waals surface area contributed by atoms with E-state index in [0.717, 1.165) is 71.7 Å². The number of benzene rings is 11. The Kier molecular flexibility index (Phi) is 7.46. The van der Waals surface area contributed by atoms with Crippen molar-refractivity contribution >= 4 is 54.6 Å². The maximum Gasteiger partial charge on any atom is 0.143 e. The summed E-state index contributed by atoms with van der Waals surface area (Å²) in [7, 11) is 0. The van der Waals surface area contributed by atoms with Crippen LogP contribution >= 0.6 is 0 Å². The van der Waals surface area contributed by atoms with Gasteiger partial charge in [0, 0.05) is 32.7 Å². The number of rotatable bonds is 4. The van der Waals surface area contributed by atoms with E-state index >= 15 is 0 Å². The lowest BCUT2D eigenvalue weighted by molar-refractivity contribution is 0.669. The molecule has 0 unspecified atom stereocenters. The molecule has 0 fully saturated rings. The van der Waals surface area contributed by atoms with Crippen LogP contribution in [0.25, 0.3) is 121 Å². The molecule has 1 spiro atoms. The molecule has 15 rings (SSSR count). The van der Waals surface area contributed by atoms with Crippen LogP contribution in [0.4, 0.5) is 0 Å². The van der Waals surface area contributed by atoms with E-state index in [4.69, 9.17) is 8.83 Å². The molecular formula is C65H38O2. The predicted octanol–water partition coefficient (Wildman–Crippen LogP) is 17.7. The molecular weight excluding hydrogens is 813 g/mol. The van der Waals surface area contributed by atoms with E-state index in [-0.39, 0.29) is 0 Å². The normalized spacial score (nSPS) is 13.2. The Bertz CT molecular complexity index is 4190. The second-order valence-electron chi connectivity index (χ2n) is 18.2. The molecule has 11 aromatic carbocycles. The Hall–Kier alpha value is -8.72. The molecule has 67 heavy (non-hydrogen) atoms.